The van der Waals surface area contributed by atoms with Crippen molar-refractivity contribution in [3.8, 4) is 17.0 Å². The summed E-state index contributed by atoms with van der Waals surface area (Å²) in [5.41, 5.74) is 3.94. The topological polar surface area (TPSA) is 69.9 Å². The van der Waals surface area contributed by atoms with Gasteiger partial charge in [-0.1, -0.05) is 24.3 Å². The third-order valence-corrected chi connectivity index (χ3v) is 4.17. The maximum absolute atomic E-state index is 12.5. The minimum Gasteiger partial charge on any atom is -0.481 e. The number of hydrogen-bond donors (Lipinski definition) is 0. The second-order valence-corrected chi connectivity index (χ2v) is 5.83. The van der Waals surface area contributed by atoms with Crippen LogP contribution < -0.4 is 10.3 Å². The first-order chi connectivity index (χ1) is 12.7. The molecule has 0 amide bonds. The molecule has 0 radical (unpaired) electrons. The SMILES string of the molecule is COc1cc(-c2ccc(Cn3cnc4cccnc4c3=O)cc2)ccn1. The van der Waals surface area contributed by atoms with Crippen molar-refractivity contribution in [3.05, 3.63) is 83.2 Å². The molecule has 0 saturated carbocycles. The highest BCUT2D eigenvalue weighted by Crippen LogP contribution is 2.22. The van der Waals surface area contributed by atoms with E-state index in [4.69, 9.17) is 4.74 Å². The van der Waals surface area contributed by atoms with Crippen LogP contribution >= 0.6 is 0 Å². The van der Waals surface area contributed by atoms with Crippen molar-refractivity contribution in [1.29, 1.82) is 0 Å². The lowest BCUT2D eigenvalue weighted by Crippen LogP contribution is -2.21. The highest BCUT2D eigenvalue weighted by Gasteiger charge is 2.06. The smallest absolute Gasteiger partial charge is 0.280 e. The molecule has 0 spiro atoms. The number of methoxy groups -OCH3 is 1. The van der Waals surface area contributed by atoms with Crippen LogP contribution in [0.3, 0.4) is 0 Å². The third kappa shape index (κ3) is 3.04. The van der Waals surface area contributed by atoms with Crippen molar-refractivity contribution in [2.24, 2.45) is 0 Å². The molecule has 0 aliphatic carbocycles. The predicted octanol–water partition coefficient (Wildman–Crippen LogP) is 2.91. The van der Waals surface area contributed by atoms with E-state index in [1.54, 1.807) is 42.5 Å². The highest BCUT2D eigenvalue weighted by molar-refractivity contribution is 5.72. The Hall–Kier alpha value is -3.54. The van der Waals surface area contributed by atoms with Gasteiger partial charge in [0.1, 0.15) is 0 Å². The van der Waals surface area contributed by atoms with Crippen molar-refractivity contribution in [1.82, 2.24) is 19.5 Å². The Morgan fingerprint density at radius 1 is 0.962 bits per heavy atom. The molecule has 4 aromatic rings. The van der Waals surface area contributed by atoms with Gasteiger partial charge in [0.05, 0.1) is 25.5 Å². The monoisotopic (exact) mass is 344 g/mol. The maximum atomic E-state index is 12.5. The Labute approximate surface area is 149 Å². The van der Waals surface area contributed by atoms with Crippen LogP contribution in [0.1, 0.15) is 5.56 Å². The van der Waals surface area contributed by atoms with Gasteiger partial charge < -0.3 is 4.74 Å². The van der Waals surface area contributed by atoms with Gasteiger partial charge in [-0.25, -0.2) is 15.0 Å². The summed E-state index contributed by atoms with van der Waals surface area (Å²) in [7, 11) is 1.60. The van der Waals surface area contributed by atoms with Gasteiger partial charge in [-0.3, -0.25) is 9.36 Å². The van der Waals surface area contributed by atoms with Gasteiger partial charge in [-0.2, -0.15) is 0 Å². The van der Waals surface area contributed by atoms with Gasteiger partial charge >= 0.3 is 0 Å². The molecule has 4 rings (SSSR count). The van der Waals surface area contributed by atoms with E-state index in [9.17, 15) is 4.79 Å². The molecule has 6 heteroatoms. The highest BCUT2D eigenvalue weighted by atomic mass is 16.5. The van der Waals surface area contributed by atoms with E-state index in [0.29, 0.717) is 23.5 Å². The minimum atomic E-state index is -0.140. The number of benzene rings is 1. The molecule has 0 aliphatic rings. The Bertz CT molecular complexity index is 1120. The number of hydrogen-bond acceptors (Lipinski definition) is 5. The van der Waals surface area contributed by atoms with E-state index in [1.807, 2.05) is 36.4 Å². The molecule has 0 bridgehead atoms. The lowest BCUT2D eigenvalue weighted by atomic mass is 10.1. The summed E-state index contributed by atoms with van der Waals surface area (Å²) in [5, 5.41) is 0. The largest absolute Gasteiger partial charge is 0.481 e. The summed E-state index contributed by atoms with van der Waals surface area (Å²) in [5.74, 6) is 0.577. The normalized spacial score (nSPS) is 10.8. The maximum Gasteiger partial charge on any atom is 0.280 e. The molecule has 3 aromatic heterocycles. The van der Waals surface area contributed by atoms with E-state index in [2.05, 4.69) is 15.0 Å². The number of rotatable bonds is 4. The first kappa shape index (κ1) is 16.0. The van der Waals surface area contributed by atoms with Crippen molar-refractivity contribution < 1.29 is 4.74 Å². The molecule has 0 fully saturated rings. The lowest BCUT2D eigenvalue weighted by molar-refractivity contribution is 0.398. The number of nitrogens with zero attached hydrogens (tertiary/aromatic N) is 4. The molecule has 0 aliphatic heterocycles. The van der Waals surface area contributed by atoms with Gasteiger partial charge in [-0.05, 0) is 34.9 Å². The number of fused-ring (bicyclic) bond motifs is 1. The van der Waals surface area contributed by atoms with Crippen molar-refractivity contribution in [3.63, 3.8) is 0 Å². The molecule has 6 nitrogen and oxygen atoms in total. The first-order valence-electron chi connectivity index (χ1n) is 8.14. The zero-order valence-corrected chi connectivity index (χ0v) is 14.2. The molecule has 3 heterocycles. The summed E-state index contributed by atoms with van der Waals surface area (Å²) in [4.78, 5) is 25.1. The first-order valence-corrected chi connectivity index (χ1v) is 8.14. The second-order valence-electron chi connectivity index (χ2n) is 5.83. The van der Waals surface area contributed by atoms with Gasteiger partial charge in [-0.15, -0.1) is 0 Å². The Kier molecular flexibility index (Phi) is 4.15. The summed E-state index contributed by atoms with van der Waals surface area (Å²) in [6, 6.07) is 15.4. The summed E-state index contributed by atoms with van der Waals surface area (Å²) in [6.07, 6.45) is 4.89. The molecular formula is C20H16N4O2. The predicted molar refractivity (Wildman–Crippen MR) is 99.1 cm³/mol. The van der Waals surface area contributed by atoms with Gasteiger partial charge in [0.2, 0.25) is 5.88 Å². The zero-order chi connectivity index (χ0) is 17.9. The van der Waals surface area contributed by atoms with Crippen LogP contribution in [0.25, 0.3) is 22.2 Å². The van der Waals surface area contributed by atoms with E-state index >= 15 is 0 Å². The van der Waals surface area contributed by atoms with Crippen LogP contribution in [0, 0.1) is 0 Å². The Morgan fingerprint density at radius 3 is 2.62 bits per heavy atom. The summed E-state index contributed by atoms with van der Waals surface area (Å²) >= 11 is 0. The van der Waals surface area contributed by atoms with Crippen molar-refractivity contribution in [2.75, 3.05) is 7.11 Å². The standard InChI is InChI=1S/C20H16N4O2/c1-26-18-11-16(8-10-21-18)15-6-4-14(5-7-15)12-24-13-23-17-3-2-9-22-19(17)20(24)25/h2-11,13H,12H2,1H3. The van der Waals surface area contributed by atoms with Crippen LogP contribution in [0.15, 0.2) is 72.0 Å². The number of aromatic nitrogens is 4. The van der Waals surface area contributed by atoms with E-state index in [-0.39, 0.29) is 5.56 Å². The van der Waals surface area contributed by atoms with Crippen LogP contribution in [0.5, 0.6) is 5.88 Å². The van der Waals surface area contributed by atoms with Gasteiger partial charge in [0, 0.05) is 18.5 Å². The molecule has 26 heavy (non-hydrogen) atoms. The molecule has 1 aromatic carbocycles. The molecule has 128 valence electrons. The fourth-order valence-corrected chi connectivity index (χ4v) is 2.80. The average molecular weight is 344 g/mol. The Morgan fingerprint density at radius 2 is 1.81 bits per heavy atom. The second kappa shape index (κ2) is 6.76. The van der Waals surface area contributed by atoms with Gasteiger partial charge in [0.15, 0.2) is 5.52 Å². The quantitative estimate of drug-likeness (QED) is 0.569. The summed E-state index contributed by atoms with van der Waals surface area (Å²) < 4.78 is 6.73. The van der Waals surface area contributed by atoms with Crippen LogP contribution in [-0.4, -0.2) is 26.6 Å². The van der Waals surface area contributed by atoms with Crippen molar-refractivity contribution >= 4 is 11.0 Å². The molecule has 0 N–H and O–H groups in total. The molecular weight excluding hydrogens is 328 g/mol. The lowest BCUT2D eigenvalue weighted by Gasteiger charge is -2.08. The van der Waals surface area contributed by atoms with Crippen LogP contribution in [0.4, 0.5) is 0 Å². The minimum absolute atomic E-state index is 0.140. The average Bonchev–Trinajstić information content (AvgIpc) is 2.71. The fraction of sp³-hybridized carbons (Fsp3) is 0.100. The number of pyridine rings is 2. The zero-order valence-electron chi connectivity index (χ0n) is 14.2. The molecule has 0 atom stereocenters. The third-order valence-electron chi connectivity index (χ3n) is 4.17. The van der Waals surface area contributed by atoms with E-state index < -0.39 is 0 Å². The Balaban J connectivity index is 1.62. The van der Waals surface area contributed by atoms with Gasteiger partial charge in [0.25, 0.3) is 5.56 Å². The molecule has 0 unspecified atom stereocenters. The van der Waals surface area contributed by atoms with Crippen molar-refractivity contribution in [2.45, 2.75) is 6.54 Å². The van der Waals surface area contributed by atoms with Crippen LogP contribution in [0.2, 0.25) is 0 Å². The van der Waals surface area contributed by atoms with Crippen LogP contribution in [-0.2, 0) is 6.54 Å². The fourth-order valence-electron chi connectivity index (χ4n) is 2.80. The summed E-state index contributed by atoms with van der Waals surface area (Å²) in [6.45, 7) is 0.443. The number of ether oxygens (including phenoxy) is 1. The van der Waals surface area contributed by atoms with E-state index in [0.717, 1.165) is 16.7 Å². The molecule has 0 saturated heterocycles. The van der Waals surface area contributed by atoms with E-state index in [1.165, 1.54) is 0 Å².